The summed E-state index contributed by atoms with van der Waals surface area (Å²) in [4.78, 5) is 31.7. The van der Waals surface area contributed by atoms with Gasteiger partial charge in [0.25, 0.3) is 0 Å². The molecule has 0 spiro atoms. The number of ether oxygens (including phenoxy) is 1. The van der Waals surface area contributed by atoms with Crippen molar-refractivity contribution in [3.63, 3.8) is 0 Å². The first-order valence-corrected chi connectivity index (χ1v) is 10.1. The second-order valence-corrected chi connectivity index (χ2v) is 7.60. The number of benzene rings is 1. The Labute approximate surface area is 166 Å². The number of aryl methyl sites for hydroxylation is 1. The van der Waals surface area contributed by atoms with Crippen LogP contribution in [-0.2, 0) is 27.4 Å². The molecule has 28 heavy (non-hydrogen) atoms. The number of amides is 1. The van der Waals surface area contributed by atoms with Gasteiger partial charge in [-0.05, 0) is 35.6 Å². The van der Waals surface area contributed by atoms with Gasteiger partial charge in [-0.15, -0.1) is 11.3 Å². The van der Waals surface area contributed by atoms with Crippen molar-refractivity contribution >= 4 is 28.9 Å². The third kappa shape index (κ3) is 3.84. The van der Waals surface area contributed by atoms with Crippen molar-refractivity contribution in [3.8, 4) is 10.8 Å². The van der Waals surface area contributed by atoms with Gasteiger partial charge in [-0.2, -0.15) is 0 Å². The van der Waals surface area contributed by atoms with E-state index in [1.54, 1.807) is 4.90 Å². The van der Waals surface area contributed by atoms with E-state index in [4.69, 9.17) is 9.15 Å². The molecule has 0 radical (unpaired) electrons. The molecule has 144 valence electrons. The van der Waals surface area contributed by atoms with Crippen LogP contribution in [0.5, 0.6) is 0 Å². The predicted octanol–water partition coefficient (Wildman–Crippen LogP) is 4.06. The molecule has 1 saturated heterocycles. The molecule has 1 unspecified atom stereocenters. The van der Waals surface area contributed by atoms with Gasteiger partial charge in [-0.1, -0.05) is 25.1 Å². The van der Waals surface area contributed by atoms with E-state index in [0.29, 0.717) is 18.1 Å². The zero-order valence-electron chi connectivity index (χ0n) is 15.5. The third-order valence-corrected chi connectivity index (χ3v) is 5.62. The molecule has 3 aromatic rings. The van der Waals surface area contributed by atoms with Gasteiger partial charge < -0.3 is 14.1 Å². The number of rotatable bonds is 6. The first-order valence-electron chi connectivity index (χ1n) is 9.18. The van der Waals surface area contributed by atoms with Crippen molar-refractivity contribution in [1.82, 2.24) is 4.98 Å². The van der Waals surface area contributed by atoms with Crippen LogP contribution in [0.3, 0.4) is 0 Å². The topological polar surface area (TPSA) is 72.6 Å². The molecule has 1 fully saturated rings. The maximum atomic E-state index is 12.4. The first kappa shape index (κ1) is 18.4. The lowest BCUT2D eigenvalue weighted by molar-refractivity contribution is -0.149. The molecule has 4 rings (SSSR count). The molecule has 1 aliphatic heterocycles. The van der Waals surface area contributed by atoms with E-state index in [0.717, 1.165) is 17.0 Å². The molecular weight excluding hydrogens is 376 g/mol. The fraction of sp³-hybridized carbons (Fsp3) is 0.286. The van der Waals surface area contributed by atoms with Gasteiger partial charge in [0.05, 0.1) is 10.8 Å². The number of oxazole rings is 1. The Morgan fingerprint density at radius 3 is 2.86 bits per heavy atom. The lowest BCUT2D eigenvalue weighted by Gasteiger charge is -2.16. The Balaban J connectivity index is 1.34. The summed E-state index contributed by atoms with van der Waals surface area (Å²) in [5, 5.41) is 1.94. The van der Waals surface area contributed by atoms with Gasteiger partial charge in [0.2, 0.25) is 11.8 Å². The van der Waals surface area contributed by atoms with Crippen LogP contribution in [0.2, 0.25) is 0 Å². The standard InChI is InChI=1S/C21H20N2O4S/c1-2-14-5-7-17(8-6-14)23-11-15(10-19(23)24)21(25)27-13-16-12-26-20(22-16)18-4-3-9-28-18/h3-9,12,15H,2,10-11,13H2,1H3. The van der Waals surface area contributed by atoms with Crippen molar-refractivity contribution in [1.29, 1.82) is 0 Å². The van der Waals surface area contributed by atoms with E-state index >= 15 is 0 Å². The molecule has 1 atom stereocenters. The fourth-order valence-electron chi connectivity index (χ4n) is 3.18. The first-order chi connectivity index (χ1) is 13.6. The molecule has 3 heterocycles. The Hall–Kier alpha value is -2.93. The van der Waals surface area contributed by atoms with E-state index in [-0.39, 0.29) is 24.9 Å². The van der Waals surface area contributed by atoms with Crippen LogP contribution in [0.4, 0.5) is 5.69 Å². The number of anilines is 1. The van der Waals surface area contributed by atoms with Crippen LogP contribution >= 0.6 is 11.3 Å². The van der Waals surface area contributed by atoms with Gasteiger partial charge in [0, 0.05) is 18.7 Å². The van der Waals surface area contributed by atoms with Crippen LogP contribution in [0.25, 0.3) is 10.8 Å². The summed E-state index contributed by atoms with van der Waals surface area (Å²) in [6.45, 7) is 2.45. The molecule has 0 bridgehead atoms. The van der Waals surface area contributed by atoms with E-state index in [1.807, 2.05) is 41.8 Å². The second-order valence-electron chi connectivity index (χ2n) is 6.65. The fourth-order valence-corrected chi connectivity index (χ4v) is 3.83. The molecule has 7 heteroatoms. The number of nitrogens with zero attached hydrogens (tertiary/aromatic N) is 2. The maximum absolute atomic E-state index is 12.4. The van der Waals surface area contributed by atoms with Crippen LogP contribution in [0.15, 0.2) is 52.5 Å². The number of aromatic nitrogens is 1. The van der Waals surface area contributed by atoms with Gasteiger partial charge in [-0.3, -0.25) is 9.59 Å². The highest BCUT2D eigenvalue weighted by molar-refractivity contribution is 7.13. The van der Waals surface area contributed by atoms with Crippen LogP contribution in [0.1, 0.15) is 24.6 Å². The number of carbonyl (C=O) groups excluding carboxylic acids is 2. The molecule has 1 amide bonds. The van der Waals surface area contributed by atoms with Crippen molar-refractivity contribution in [2.75, 3.05) is 11.4 Å². The van der Waals surface area contributed by atoms with Gasteiger partial charge in [-0.25, -0.2) is 4.98 Å². The van der Waals surface area contributed by atoms with Gasteiger partial charge >= 0.3 is 5.97 Å². The predicted molar refractivity (Wildman–Crippen MR) is 106 cm³/mol. The van der Waals surface area contributed by atoms with E-state index in [9.17, 15) is 9.59 Å². The van der Waals surface area contributed by atoms with E-state index in [2.05, 4.69) is 11.9 Å². The highest BCUT2D eigenvalue weighted by Crippen LogP contribution is 2.27. The maximum Gasteiger partial charge on any atom is 0.311 e. The Morgan fingerprint density at radius 1 is 1.32 bits per heavy atom. The van der Waals surface area contributed by atoms with Crippen molar-refractivity contribution in [3.05, 3.63) is 59.3 Å². The molecule has 1 aromatic carbocycles. The number of hydrogen-bond donors (Lipinski definition) is 0. The van der Waals surface area contributed by atoms with Crippen molar-refractivity contribution in [2.24, 2.45) is 5.92 Å². The smallest absolute Gasteiger partial charge is 0.311 e. The number of hydrogen-bond acceptors (Lipinski definition) is 6. The summed E-state index contributed by atoms with van der Waals surface area (Å²) >= 11 is 1.53. The lowest BCUT2D eigenvalue weighted by Crippen LogP contribution is -2.26. The minimum Gasteiger partial charge on any atom is -0.459 e. The Bertz CT molecular complexity index is 963. The SMILES string of the molecule is CCc1ccc(N2CC(C(=O)OCc3coc(-c4cccs4)n3)CC2=O)cc1. The minimum absolute atomic E-state index is 0.0313. The van der Waals surface area contributed by atoms with E-state index < -0.39 is 5.92 Å². The highest BCUT2D eigenvalue weighted by Gasteiger charge is 2.36. The molecule has 6 nitrogen and oxygen atoms in total. The summed E-state index contributed by atoms with van der Waals surface area (Å²) in [5.41, 5.74) is 2.57. The average molecular weight is 396 g/mol. The normalized spacial score (nSPS) is 16.5. The largest absolute Gasteiger partial charge is 0.459 e. The Morgan fingerprint density at radius 2 is 2.14 bits per heavy atom. The minimum atomic E-state index is -0.470. The summed E-state index contributed by atoms with van der Waals surface area (Å²) in [7, 11) is 0. The highest BCUT2D eigenvalue weighted by atomic mass is 32.1. The van der Waals surface area contributed by atoms with Crippen LogP contribution in [-0.4, -0.2) is 23.4 Å². The van der Waals surface area contributed by atoms with Gasteiger partial charge in [0.1, 0.15) is 18.6 Å². The molecule has 0 saturated carbocycles. The number of carbonyl (C=O) groups is 2. The molecular formula is C21H20N2O4S. The average Bonchev–Trinajstić information content (AvgIpc) is 3.46. The molecule has 0 aliphatic carbocycles. The summed E-state index contributed by atoms with van der Waals surface area (Å²) < 4.78 is 10.8. The zero-order chi connectivity index (χ0) is 19.5. The molecule has 0 N–H and O–H groups in total. The monoisotopic (exact) mass is 396 g/mol. The summed E-state index contributed by atoms with van der Waals surface area (Å²) in [6, 6.07) is 11.7. The van der Waals surface area contributed by atoms with Crippen LogP contribution in [0, 0.1) is 5.92 Å². The second kappa shape index (κ2) is 7.98. The third-order valence-electron chi connectivity index (χ3n) is 4.76. The quantitative estimate of drug-likeness (QED) is 0.588. The van der Waals surface area contributed by atoms with Crippen molar-refractivity contribution in [2.45, 2.75) is 26.4 Å². The number of esters is 1. The van der Waals surface area contributed by atoms with Crippen LogP contribution < -0.4 is 4.90 Å². The zero-order valence-corrected chi connectivity index (χ0v) is 16.3. The molecule has 2 aromatic heterocycles. The lowest BCUT2D eigenvalue weighted by atomic mass is 10.1. The Kier molecular flexibility index (Phi) is 5.25. The van der Waals surface area contributed by atoms with Gasteiger partial charge in [0.15, 0.2) is 0 Å². The summed E-state index contributed by atoms with van der Waals surface area (Å²) in [5.74, 6) is -0.407. The number of thiophene rings is 1. The van der Waals surface area contributed by atoms with Crippen molar-refractivity contribution < 1.29 is 18.7 Å². The summed E-state index contributed by atoms with van der Waals surface area (Å²) in [6.07, 6.45) is 2.59. The van der Waals surface area contributed by atoms with E-state index in [1.165, 1.54) is 23.2 Å². The molecule has 1 aliphatic rings.